The average Bonchev–Trinajstić information content (AvgIpc) is 3.03. The lowest BCUT2D eigenvalue weighted by Crippen LogP contribution is -2.53. The van der Waals surface area contributed by atoms with Gasteiger partial charge in [-0.15, -0.1) is 0 Å². The van der Waals surface area contributed by atoms with Crippen molar-refractivity contribution in [3.05, 3.63) is 70.2 Å². The third-order valence-electron chi connectivity index (χ3n) is 4.19. The van der Waals surface area contributed by atoms with E-state index in [0.29, 0.717) is 11.3 Å². The maximum atomic E-state index is 13.3. The number of halogens is 1. The number of nitrogens with zero attached hydrogens (tertiary/aromatic N) is 1. The third kappa shape index (κ3) is 2.40. The van der Waals surface area contributed by atoms with E-state index >= 15 is 0 Å². The molecule has 1 spiro atoms. The van der Waals surface area contributed by atoms with Crippen molar-refractivity contribution in [2.75, 3.05) is 7.05 Å². The van der Waals surface area contributed by atoms with E-state index in [0.717, 1.165) is 14.9 Å². The lowest BCUT2D eigenvalue weighted by Gasteiger charge is -2.30. The van der Waals surface area contributed by atoms with Crippen LogP contribution >= 0.6 is 27.7 Å². The highest BCUT2D eigenvalue weighted by Crippen LogP contribution is 2.50. The number of aliphatic imine (C=N–C) groups is 1. The Morgan fingerprint density at radius 3 is 2.60 bits per heavy atom. The van der Waals surface area contributed by atoms with Gasteiger partial charge < -0.3 is 4.74 Å². The van der Waals surface area contributed by atoms with E-state index in [4.69, 9.17) is 4.74 Å². The molecule has 6 heteroatoms. The van der Waals surface area contributed by atoms with Crippen molar-refractivity contribution in [3.63, 3.8) is 0 Å². The van der Waals surface area contributed by atoms with Gasteiger partial charge in [0.1, 0.15) is 5.75 Å². The zero-order chi connectivity index (χ0) is 17.6. The van der Waals surface area contributed by atoms with Gasteiger partial charge in [0.2, 0.25) is 10.5 Å². The number of Topliss-reactive ketones (excluding diaryl/α,β-unsaturated/α-hetero) is 1. The number of benzene rings is 2. The summed E-state index contributed by atoms with van der Waals surface area (Å²) >= 11 is 4.56. The van der Waals surface area contributed by atoms with E-state index in [1.807, 2.05) is 30.3 Å². The first-order valence-corrected chi connectivity index (χ1v) is 9.17. The van der Waals surface area contributed by atoms with Crippen LogP contribution in [-0.4, -0.2) is 29.3 Å². The van der Waals surface area contributed by atoms with Crippen LogP contribution in [0.1, 0.15) is 15.9 Å². The lowest BCUT2D eigenvalue weighted by molar-refractivity contribution is -0.134. The number of ketones is 1. The Labute approximate surface area is 157 Å². The van der Waals surface area contributed by atoms with Crippen LogP contribution in [0.15, 0.2) is 64.1 Å². The number of thioether (sulfide) groups is 1. The van der Waals surface area contributed by atoms with Crippen molar-refractivity contribution in [2.24, 2.45) is 4.99 Å². The first kappa shape index (κ1) is 16.3. The second-order valence-electron chi connectivity index (χ2n) is 5.63. The van der Waals surface area contributed by atoms with Crippen molar-refractivity contribution in [3.8, 4) is 5.75 Å². The normalized spacial score (nSPS) is 23.6. The molecule has 0 saturated heterocycles. The largest absolute Gasteiger partial charge is 0.424 e. The Kier molecular flexibility index (Phi) is 3.89. The van der Waals surface area contributed by atoms with Crippen molar-refractivity contribution >= 4 is 50.1 Å². The van der Waals surface area contributed by atoms with E-state index in [1.165, 1.54) is 11.8 Å². The minimum atomic E-state index is -1.48. The topological polar surface area (TPSA) is 55.7 Å². The molecule has 0 radical (unpaired) electrons. The number of carbonyl (C=O) groups is 2. The van der Waals surface area contributed by atoms with Crippen molar-refractivity contribution in [1.29, 1.82) is 0 Å². The van der Waals surface area contributed by atoms with Crippen LogP contribution < -0.4 is 4.74 Å². The zero-order valence-electron chi connectivity index (χ0n) is 13.2. The van der Waals surface area contributed by atoms with Crippen LogP contribution in [0.2, 0.25) is 0 Å². The van der Waals surface area contributed by atoms with Gasteiger partial charge >= 0.3 is 5.97 Å². The van der Waals surface area contributed by atoms with Gasteiger partial charge in [0.25, 0.3) is 0 Å². The summed E-state index contributed by atoms with van der Waals surface area (Å²) in [5, 5.41) is 0. The molecule has 2 aromatic rings. The van der Waals surface area contributed by atoms with Crippen molar-refractivity contribution in [2.45, 2.75) is 4.75 Å². The van der Waals surface area contributed by atoms with Gasteiger partial charge in [0, 0.05) is 16.4 Å². The molecular formula is C19H12BrNO3S. The summed E-state index contributed by atoms with van der Waals surface area (Å²) in [4.78, 5) is 31.2. The van der Waals surface area contributed by atoms with Gasteiger partial charge in [0.05, 0.1) is 11.3 Å². The molecule has 0 aromatic heterocycles. The molecule has 0 saturated carbocycles. The molecule has 2 aliphatic rings. The van der Waals surface area contributed by atoms with Crippen LogP contribution in [0.3, 0.4) is 0 Å². The molecule has 25 heavy (non-hydrogen) atoms. The van der Waals surface area contributed by atoms with Gasteiger partial charge in [-0.25, -0.2) is 4.79 Å². The second-order valence-corrected chi connectivity index (χ2v) is 7.80. The summed E-state index contributed by atoms with van der Waals surface area (Å²) in [5.74, 6) is -0.610. The fourth-order valence-electron chi connectivity index (χ4n) is 2.97. The summed E-state index contributed by atoms with van der Waals surface area (Å²) in [6.45, 7) is 0. The van der Waals surface area contributed by atoms with Crippen LogP contribution in [0, 0.1) is 0 Å². The minimum Gasteiger partial charge on any atom is -0.424 e. The molecule has 2 aliphatic heterocycles. The summed E-state index contributed by atoms with van der Waals surface area (Å²) in [6.07, 6.45) is 1.79. The second kappa shape index (κ2) is 5.97. The fourth-order valence-corrected chi connectivity index (χ4v) is 4.67. The summed E-state index contributed by atoms with van der Waals surface area (Å²) < 4.78 is 4.77. The van der Waals surface area contributed by atoms with Crippen LogP contribution in [-0.2, 0) is 4.79 Å². The van der Waals surface area contributed by atoms with E-state index < -0.39 is 10.7 Å². The third-order valence-corrected chi connectivity index (χ3v) is 6.12. The van der Waals surface area contributed by atoms with Gasteiger partial charge in [0.15, 0.2) is 0 Å². The average molecular weight is 414 g/mol. The Bertz CT molecular complexity index is 968. The molecule has 0 amide bonds. The fraction of sp³-hybridized carbons (Fsp3) is 0.105. The summed E-state index contributed by atoms with van der Waals surface area (Å²) in [7, 11) is 1.58. The predicted octanol–water partition coefficient (Wildman–Crippen LogP) is 4.15. The first-order valence-electron chi connectivity index (χ1n) is 7.56. The Morgan fingerprint density at radius 1 is 1.12 bits per heavy atom. The van der Waals surface area contributed by atoms with Crippen LogP contribution in [0.5, 0.6) is 5.75 Å². The van der Waals surface area contributed by atoms with E-state index in [2.05, 4.69) is 20.9 Å². The lowest BCUT2D eigenvalue weighted by atomic mass is 9.89. The highest BCUT2D eigenvalue weighted by atomic mass is 79.9. The molecule has 0 bridgehead atoms. The number of ether oxygens (including phenoxy) is 1. The molecule has 0 fully saturated rings. The number of hydrogen-bond acceptors (Lipinski definition) is 5. The molecule has 124 valence electrons. The quantitative estimate of drug-likeness (QED) is 0.400. The number of hydrogen-bond donors (Lipinski definition) is 0. The van der Waals surface area contributed by atoms with E-state index in [1.54, 1.807) is 31.3 Å². The van der Waals surface area contributed by atoms with Crippen LogP contribution in [0.25, 0.3) is 4.91 Å². The van der Waals surface area contributed by atoms with Crippen molar-refractivity contribution in [1.82, 2.24) is 0 Å². The molecule has 1 atom stereocenters. The van der Waals surface area contributed by atoms with Gasteiger partial charge in [-0.05, 0) is 29.8 Å². The number of carbonyl (C=O) groups excluding carboxylic acids is 2. The number of esters is 1. The minimum absolute atomic E-state index is 0.285. The Hall–Kier alpha value is -2.18. The maximum absolute atomic E-state index is 13.3. The van der Waals surface area contributed by atoms with Gasteiger partial charge in [-0.1, -0.05) is 58.0 Å². The number of fused-ring (bicyclic) bond motifs is 1. The molecule has 1 unspecified atom stereocenters. The van der Waals surface area contributed by atoms with E-state index in [9.17, 15) is 9.59 Å². The highest BCUT2D eigenvalue weighted by molar-refractivity contribution is 9.10. The maximum Gasteiger partial charge on any atom is 0.342 e. The van der Waals surface area contributed by atoms with Crippen LogP contribution in [0.4, 0.5) is 0 Å². The predicted molar refractivity (Wildman–Crippen MR) is 102 cm³/mol. The molecule has 2 heterocycles. The molecule has 4 rings (SSSR count). The van der Waals surface area contributed by atoms with Gasteiger partial charge in [-0.3, -0.25) is 9.79 Å². The van der Waals surface area contributed by atoms with Gasteiger partial charge in [-0.2, -0.15) is 0 Å². The molecular weight excluding hydrogens is 402 g/mol. The smallest absolute Gasteiger partial charge is 0.342 e. The van der Waals surface area contributed by atoms with E-state index in [-0.39, 0.29) is 11.5 Å². The highest BCUT2D eigenvalue weighted by Gasteiger charge is 2.59. The first-order chi connectivity index (χ1) is 12.1. The molecule has 0 N–H and O–H groups in total. The monoisotopic (exact) mass is 413 g/mol. The molecule has 2 aromatic carbocycles. The summed E-state index contributed by atoms with van der Waals surface area (Å²) in [5.41, 5.74) is 1.73. The zero-order valence-corrected chi connectivity index (χ0v) is 15.6. The number of allylic oxidation sites excluding steroid dienone is 1. The Balaban J connectivity index is 1.85. The summed E-state index contributed by atoms with van der Waals surface area (Å²) in [6, 6.07) is 14.7. The van der Waals surface area contributed by atoms with Crippen molar-refractivity contribution < 1.29 is 14.3 Å². The Morgan fingerprint density at radius 2 is 1.88 bits per heavy atom. The molecule has 4 nitrogen and oxygen atoms in total. The molecule has 0 aliphatic carbocycles. The standard InChI is InChI=1S/C19H12BrNO3S/c1-21-16-10-15(11-5-3-2-4-6-11)25-19(16)17(22)13-9-12(20)7-8-14(13)24-18(19)23/h2-10H,1H3. The number of rotatable bonds is 1. The SMILES string of the molecule is CN=C1C=C(c2ccccc2)SC12C(=O)Oc1ccc(Br)cc1C2=O.